The Morgan fingerprint density at radius 3 is 2.47 bits per heavy atom. The summed E-state index contributed by atoms with van der Waals surface area (Å²) in [4.78, 5) is 10.7. The third kappa shape index (κ3) is 3.15. The molecule has 19 heavy (non-hydrogen) atoms. The summed E-state index contributed by atoms with van der Waals surface area (Å²) in [5, 5.41) is 0.433. The zero-order valence-electron chi connectivity index (χ0n) is 10.9. The molecule has 0 aliphatic heterocycles. The smallest absolute Gasteiger partial charge is 0.150 e. The number of rotatable bonds is 4. The van der Waals surface area contributed by atoms with Gasteiger partial charge in [0.2, 0.25) is 0 Å². The van der Waals surface area contributed by atoms with Crippen LogP contribution in [0.5, 0.6) is 11.5 Å². The summed E-state index contributed by atoms with van der Waals surface area (Å²) in [6.45, 7) is 4.22. The van der Waals surface area contributed by atoms with Crippen molar-refractivity contribution in [2.45, 2.75) is 19.8 Å². The second-order valence-corrected chi connectivity index (χ2v) is 5.01. The first-order chi connectivity index (χ1) is 9.11. The predicted molar refractivity (Wildman–Crippen MR) is 77.4 cm³/mol. The maximum Gasteiger partial charge on any atom is 0.150 e. The Kier molecular flexibility index (Phi) is 4.23. The summed E-state index contributed by atoms with van der Waals surface area (Å²) in [5.74, 6) is 1.71. The molecule has 0 atom stereocenters. The minimum atomic E-state index is 0.365. The number of ether oxygens (including phenoxy) is 1. The molecular weight excluding hydrogens is 260 g/mol. The number of halogens is 1. The number of carbonyl (C=O) groups is 1. The van der Waals surface area contributed by atoms with Gasteiger partial charge in [-0.3, -0.25) is 4.79 Å². The fourth-order valence-corrected chi connectivity index (χ4v) is 2.07. The van der Waals surface area contributed by atoms with Crippen molar-refractivity contribution in [1.29, 1.82) is 0 Å². The predicted octanol–water partition coefficient (Wildman–Crippen LogP) is 5.07. The van der Waals surface area contributed by atoms with Gasteiger partial charge in [-0.25, -0.2) is 0 Å². The van der Waals surface area contributed by atoms with E-state index < -0.39 is 0 Å². The van der Waals surface area contributed by atoms with Crippen LogP contribution in [0.2, 0.25) is 5.02 Å². The standard InChI is InChI=1S/C16H15ClO2/c1-11(2)13-5-3-4-6-15(13)19-16-8-7-12(10-18)9-14(16)17/h3-11H,1-2H3. The van der Waals surface area contributed by atoms with Gasteiger partial charge >= 0.3 is 0 Å². The van der Waals surface area contributed by atoms with E-state index in [0.717, 1.165) is 17.6 Å². The molecule has 0 amide bonds. The van der Waals surface area contributed by atoms with E-state index in [4.69, 9.17) is 16.3 Å². The Bertz CT molecular complexity index is 591. The summed E-state index contributed by atoms with van der Waals surface area (Å²) in [6.07, 6.45) is 0.762. The van der Waals surface area contributed by atoms with Crippen molar-refractivity contribution in [2.24, 2.45) is 0 Å². The topological polar surface area (TPSA) is 26.3 Å². The van der Waals surface area contributed by atoms with Gasteiger partial charge in [-0.05, 0) is 35.7 Å². The molecule has 0 heterocycles. The zero-order chi connectivity index (χ0) is 13.8. The quantitative estimate of drug-likeness (QED) is 0.728. The Balaban J connectivity index is 2.34. The van der Waals surface area contributed by atoms with Gasteiger partial charge in [0.25, 0.3) is 0 Å². The highest BCUT2D eigenvalue weighted by molar-refractivity contribution is 6.32. The number of carbonyl (C=O) groups excluding carboxylic acids is 1. The third-order valence-corrected chi connectivity index (χ3v) is 3.15. The maximum atomic E-state index is 10.7. The van der Waals surface area contributed by atoms with E-state index in [1.807, 2.05) is 24.3 Å². The van der Waals surface area contributed by atoms with Gasteiger partial charge in [-0.15, -0.1) is 0 Å². The van der Waals surface area contributed by atoms with Crippen molar-refractivity contribution < 1.29 is 9.53 Å². The summed E-state index contributed by atoms with van der Waals surface area (Å²) in [5.41, 5.74) is 1.66. The van der Waals surface area contributed by atoms with E-state index in [-0.39, 0.29) is 0 Å². The van der Waals surface area contributed by atoms with Crippen LogP contribution in [0.1, 0.15) is 35.7 Å². The van der Waals surface area contributed by atoms with Crippen LogP contribution in [0, 0.1) is 0 Å². The Labute approximate surface area is 118 Å². The molecule has 0 fully saturated rings. The molecule has 0 saturated heterocycles. The van der Waals surface area contributed by atoms with Crippen molar-refractivity contribution in [3.05, 3.63) is 58.6 Å². The summed E-state index contributed by atoms with van der Waals surface area (Å²) in [6, 6.07) is 12.9. The molecule has 0 aliphatic rings. The number of para-hydroxylation sites is 1. The number of aldehydes is 1. The molecule has 2 aromatic carbocycles. The van der Waals surface area contributed by atoms with Crippen molar-refractivity contribution in [3.8, 4) is 11.5 Å². The normalized spacial score (nSPS) is 10.5. The molecule has 0 bridgehead atoms. The summed E-state index contributed by atoms with van der Waals surface area (Å²) >= 11 is 6.11. The SMILES string of the molecule is CC(C)c1ccccc1Oc1ccc(C=O)cc1Cl. The molecule has 0 spiro atoms. The maximum absolute atomic E-state index is 10.7. The average Bonchev–Trinajstić information content (AvgIpc) is 2.41. The first-order valence-corrected chi connectivity index (χ1v) is 6.51. The summed E-state index contributed by atoms with van der Waals surface area (Å²) < 4.78 is 5.85. The molecule has 2 rings (SSSR count). The first-order valence-electron chi connectivity index (χ1n) is 6.13. The van der Waals surface area contributed by atoms with Gasteiger partial charge in [0, 0.05) is 5.56 Å². The van der Waals surface area contributed by atoms with Gasteiger partial charge in [-0.2, -0.15) is 0 Å². The van der Waals surface area contributed by atoms with Crippen molar-refractivity contribution in [2.75, 3.05) is 0 Å². The van der Waals surface area contributed by atoms with E-state index in [9.17, 15) is 4.79 Å². The lowest BCUT2D eigenvalue weighted by Gasteiger charge is -2.14. The van der Waals surface area contributed by atoms with Crippen LogP contribution in [0.25, 0.3) is 0 Å². The fraction of sp³-hybridized carbons (Fsp3) is 0.188. The molecule has 0 saturated carbocycles. The van der Waals surface area contributed by atoms with Gasteiger partial charge in [0.05, 0.1) is 5.02 Å². The van der Waals surface area contributed by atoms with Crippen molar-refractivity contribution >= 4 is 17.9 Å². The molecule has 2 aromatic rings. The number of benzene rings is 2. The first kappa shape index (κ1) is 13.6. The Hall–Kier alpha value is -1.80. The number of hydrogen-bond donors (Lipinski definition) is 0. The van der Waals surface area contributed by atoms with Gasteiger partial charge in [0.1, 0.15) is 17.8 Å². The van der Waals surface area contributed by atoms with E-state index in [1.165, 1.54) is 0 Å². The highest BCUT2D eigenvalue weighted by atomic mass is 35.5. The Morgan fingerprint density at radius 2 is 1.84 bits per heavy atom. The van der Waals surface area contributed by atoms with Crippen LogP contribution in [0.15, 0.2) is 42.5 Å². The molecule has 98 valence electrons. The monoisotopic (exact) mass is 274 g/mol. The van der Waals surface area contributed by atoms with E-state index >= 15 is 0 Å². The second kappa shape index (κ2) is 5.89. The second-order valence-electron chi connectivity index (χ2n) is 4.60. The van der Waals surface area contributed by atoms with E-state index in [2.05, 4.69) is 13.8 Å². The molecule has 0 unspecified atom stereocenters. The largest absolute Gasteiger partial charge is 0.456 e. The fourth-order valence-electron chi connectivity index (χ4n) is 1.84. The van der Waals surface area contributed by atoms with Crippen LogP contribution in [-0.4, -0.2) is 6.29 Å². The molecule has 0 radical (unpaired) electrons. The Morgan fingerprint density at radius 1 is 1.11 bits per heavy atom. The van der Waals surface area contributed by atoms with Gasteiger partial charge in [-0.1, -0.05) is 43.6 Å². The molecule has 0 N–H and O–H groups in total. The van der Waals surface area contributed by atoms with Crippen LogP contribution in [-0.2, 0) is 0 Å². The third-order valence-electron chi connectivity index (χ3n) is 2.85. The molecule has 2 nitrogen and oxygen atoms in total. The van der Waals surface area contributed by atoms with Gasteiger partial charge in [0.15, 0.2) is 0 Å². The lowest BCUT2D eigenvalue weighted by molar-refractivity contribution is 0.112. The lowest BCUT2D eigenvalue weighted by atomic mass is 10.0. The zero-order valence-corrected chi connectivity index (χ0v) is 11.6. The highest BCUT2D eigenvalue weighted by Gasteiger charge is 2.10. The average molecular weight is 275 g/mol. The van der Waals surface area contributed by atoms with Crippen LogP contribution in [0.4, 0.5) is 0 Å². The van der Waals surface area contributed by atoms with Gasteiger partial charge < -0.3 is 4.74 Å². The van der Waals surface area contributed by atoms with Crippen molar-refractivity contribution in [3.63, 3.8) is 0 Å². The van der Waals surface area contributed by atoms with Crippen LogP contribution in [0.3, 0.4) is 0 Å². The number of hydrogen-bond acceptors (Lipinski definition) is 2. The molecule has 0 aromatic heterocycles. The van der Waals surface area contributed by atoms with Crippen LogP contribution < -0.4 is 4.74 Å². The van der Waals surface area contributed by atoms with Crippen LogP contribution >= 0.6 is 11.6 Å². The summed E-state index contributed by atoms with van der Waals surface area (Å²) in [7, 11) is 0. The minimum absolute atomic E-state index is 0.365. The van der Waals surface area contributed by atoms with E-state index in [1.54, 1.807) is 18.2 Å². The minimum Gasteiger partial charge on any atom is -0.456 e. The van der Waals surface area contributed by atoms with E-state index in [0.29, 0.717) is 22.3 Å². The molecule has 3 heteroatoms. The van der Waals surface area contributed by atoms with Crippen molar-refractivity contribution in [1.82, 2.24) is 0 Å². The highest BCUT2D eigenvalue weighted by Crippen LogP contribution is 2.34. The molecular formula is C16H15ClO2. The molecule has 0 aliphatic carbocycles. The lowest BCUT2D eigenvalue weighted by Crippen LogP contribution is -1.94.